The Balaban J connectivity index is 1.42. The second kappa shape index (κ2) is 6.37. The third-order valence-electron chi connectivity index (χ3n) is 4.03. The number of hydrogen-bond acceptors (Lipinski definition) is 5. The first-order valence-electron chi connectivity index (χ1n) is 7.77. The molecule has 2 aliphatic heterocycles. The summed E-state index contributed by atoms with van der Waals surface area (Å²) in [6.07, 6.45) is 3.33. The lowest BCUT2D eigenvalue weighted by Crippen LogP contribution is -2.44. The highest BCUT2D eigenvalue weighted by Crippen LogP contribution is 2.34. The fraction of sp³-hybridized carbons (Fsp3) is 0.294. The molecular weight excluding hydrogens is 310 g/mol. The Labute approximate surface area is 139 Å². The maximum Gasteiger partial charge on any atom is 0.322 e. The fourth-order valence-electron chi connectivity index (χ4n) is 2.78. The topological polar surface area (TPSA) is 72.9 Å². The summed E-state index contributed by atoms with van der Waals surface area (Å²) in [7, 11) is 0. The number of rotatable bonds is 2. The van der Waals surface area contributed by atoms with Gasteiger partial charge in [0.2, 0.25) is 6.79 Å². The molecule has 1 aromatic carbocycles. The Morgan fingerprint density at radius 2 is 2.17 bits per heavy atom. The van der Waals surface area contributed by atoms with E-state index in [-0.39, 0.29) is 18.9 Å². The largest absolute Gasteiger partial charge is 0.454 e. The molecular formula is C17H17N3O4. The minimum Gasteiger partial charge on any atom is -0.454 e. The van der Waals surface area contributed by atoms with Crippen molar-refractivity contribution in [3.63, 3.8) is 0 Å². The summed E-state index contributed by atoms with van der Waals surface area (Å²) in [5.74, 6) is 1.33. The summed E-state index contributed by atoms with van der Waals surface area (Å²) in [5.41, 5.74) is 1.65. The molecule has 4 rings (SSSR count). The Bertz CT molecular complexity index is 738. The lowest BCUT2D eigenvalue weighted by Gasteiger charge is -2.33. The monoisotopic (exact) mass is 327 g/mol. The van der Waals surface area contributed by atoms with Crippen LogP contribution in [0.4, 0.5) is 10.5 Å². The van der Waals surface area contributed by atoms with Gasteiger partial charge in [-0.05, 0) is 18.2 Å². The van der Waals surface area contributed by atoms with Crippen molar-refractivity contribution >= 4 is 11.7 Å². The molecule has 0 aliphatic carbocycles. The molecule has 0 saturated carbocycles. The van der Waals surface area contributed by atoms with Crippen molar-refractivity contribution in [1.82, 2.24) is 9.88 Å². The van der Waals surface area contributed by atoms with Gasteiger partial charge in [-0.25, -0.2) is 4.79 Å². The molecule has 2 aliphatic rings. The van der Waals surface area contributed by atoms with E-state index in [1.165, 1.54) is 0 Å². The maximum absolute atomic E-state index is 12.5. The smallest absolute Gasteiger partial charge is 0.322 e. The molecule has 124 valence electrons. The molecule has 1 N–H and O–H groups in total. The van der Waals surface area contributed by atoms with Gasteiger partial charge in [0.25, 0.3) is 0 Å². The zero-order valence-corrected chi connectivity index (χ0v) is 13.0. The Kier molecular flexibility index (Phi) is 3.92. The van der Waals surface area contributed by atoms with Crippen LogP contribution in [0.5, 0.6) is 11.5 Å². The molecule has 7 heteroatoms. The zero-order valence-electron chi connectivity index (χ0n) is 13.0. The van der Waals surface area contributed by atoms with Crippen LogP contribution in [0.1, 0.15) is 11.7 Å². The van der Waals surface area contributed by atoms with E-state index < -0.39 is 0 Å². The number of morpholine rings is 1. The van der Waals surface area contributed by atoms with E-state index >= 15 is 0 Å². The van der Waals surface area contributed by atoms with Gasteiger partial charge in [0.1, 0.15) is 6.10 Å². The molecule has 0 bridgehead atoms. The van der Waals surface area contributed by atoms with Crippen molar-refractivity contribution in [2.75, 3.05) is 31.8 Å². The number of carbonyl (C=O) groups is 1. The number of nitrogens with zero attached hydrogens (tertiary/aromatic N) is 2. The predicted molar refractivity (Wildman–Crippen MR) is 86.1 cm³/mol. The van der Waals surface area contributed by atoms with Gasteiger partial charge in [0.15, 0.2) is 11.5 Å². The second-order valence-electron chi connectivity index (χ2n) is 5.59. The Hall–Kier alpha value is -2.80. The number of fused-ring (bicyclic) bond motifs is 1. The second-order valence-corrected chi connectivity index (χ2v) is 5.59. The van der Waals surface area contributed by atoms with E-state index in [1.807, 2.05) is 12.1 Å². The van der Waals surface area contributed by atoms with Gasteiger partial charge < -0.3 is 24.4 Å². The number of benzene rings is 1. The summed E-state index contributed by atoms with van der Waals surface area (Å²) < 4.78 is 16.4. The van der Waals surface area contributed by atoms with Crippen LogP contribution in [0.3, 0.4) is 0 Å². The van der Waals surface area contributed by atoms with Crippen LogP contribution in [-0.2, 0) is 4.74 Å². The van der Waals surface area contributed by atoms with Gasteiger partial charge in [0.05, 0.1) is 13.2 Å². The first-order chi connectivity index (χ1) is 11.8. The van der Waals surface area contributed by atoms with Gasteiger partial charge in [-0.1, -0.05) is 6.07 Å². The van der Waals surface area contributed by atoms with E-state index in [4.69, 9.17) is 14.2 Å². The normalized spacial score (nSPS) is 19.2. The van der Waals surface area contributed by atoms with Crippen molar-refractivity contribution in [1.29, 1.82) is 0 Å². The number of aromatic nitrogens is 1. The zero-order chi connectivity index (χ0) is 16.4. The number of pyridine rings is 1. The SMILES string of the molecule is O=C(Nc1ccc2c(c1)OCO2)N1CCO[C@@H](c2cccnc2)C1. The number of urea groups is 1. The fourth-order valence-corrected chi connectivity index (χ4v) is 2.78. The van der Waals surface area contributed by atoms with Crippen molar-refractivity contribution in [3.8, 4) is 11.5 Å². The highest BCUT2D eigenvalue weighted by atomic mass is 16.7. The third kappa shape index (κ3) is 2.98. The number of anilines is 1. The number of ether oxygens (including phenoxy) is 3. The van der Waals surface area contributed by atoms with Crippen LogP contribution in [-0.4, -0.2) is 42.4 Å². The van der Waals surface area contributed by atoms with E-state index in [2.05, 4.69) is 10.3 Å². The lowest BCUT2D eigenvalue weighted by atomic mass is 10.1. The first kappa shape index (κ1) is 14.8. The molecule has 2 aromatic rings. The standard InChI is InChI=1S/C17H17N3O4/c21-17(19-13-3-4-14-15(8-13)24-11-23-14)20-6-7-22-16(10-20)12-2-1-5-18-9-12/h1-5,8-9,16H,6-7,10-11H2,(H,19,21)/t16-/m1/s1. The molecule has 1 saturated heterocycles. The van der Waals surface area contributed by atoms with Crippen molar-refractivity contribution in [3.05, 3.63) is 48.3 Å². The van der Waals surface area contributed by atoms with Crippen LogP contribution in [0.25, 0.3) is 0 Å². The summed E-state index contributed by atoms with van der Waals surface area (Å²) in [6.45, 7) is 1.74. The number of carbonyl (C=O) groups excluding carboxylic acids is 1. The highest BCUT2D eigenvalue weighted by molar-refractivity contribution is 5.89. The Morgan fingerprint density at radius 1 is 1.25 bits per heavy atom. The van der Waals surface area contributed by atoms with E-state index in [0.717, 1.165) is 5.56 Å². The van der Waals surface area contributed by atoms with Gasteiger partial charge in [-0.2, -0.15) is 0 Å². The number of amides is 2. The van der Waals surface area contributed by atoms with E-state index in [1.54, 1.807) is 35.5 Å². The summed E-state index contributed by atoms with van der Waals surface area (Å²) in [5, 5.41) is 2.89. The average Bonchev–Trinajstić information content (AvgIpc) is 3.10. The molecule has 24 heavy (non-hydrogen) atoms. The quantitative estimate of drug-likeness (QED) is 0.917. The molecule has 1 atom stereocenters. The van der Waals surface area contributed by atoms with Crippen LogP contribution in [0.2, 0.25) is 0 Å². The van der Waals surface area contributed by atoms with E-state index in [0.29, 0.717) is 36.9 Å². The lowest BCUT2D eigenvalue weighted by molar-refractivity contribution is -0.0136. The van der Waals surface area contributed by atoms with Gasteiger partial charge in [-0.15, -0.1) is 0 Å². The predicted octanol–water partition coefficient (Wildman–Crippen LogP) is 2.42. The average molecular weight is 327 g/mol. The molecule has 7 nitrogen and oxygen atoms in total. The van der Waals surface area contributed by atoms with Gasteiger partial charge in [-0.3, -0.25) is 4.98 Å². The van der Waals surface area contributed by atoms with Crippen molar-refractivity contribution in [2.45, 2.75) is 6.10 Å². The van der Waals surface area contributed by atoms with Crippen molar-refractivity contribution in [2.24, 2.45) is 0 Å². The van der Waals surface area contributed by atoms with Crippen LogP contribution in [0.15, 0.2) is 42.7 Å². The van der Waals surface area contributed by atoms with Gasteiger partial charge in [0, 0.05) is 36.3 Å². The molecule has 1 aromatic heterocycles. The summed E-state index contributed by atoms with van der Waals surface area (Å²) in [6, 6.07) is 9.01. The van der Waals surface area contributed by atoms with Gasteiger partial charge >= 0.3 is 6.03 Å². The number of nitrogens with one attached hydrogen (secondary N) is 1. The van der Waals surface area contributed by atoms with Crippen LogP contribution >= 0.6 is 0 Å². The molecule has 1 fully saturated rings. The summed E-state index contributed by atoms with van der Waals surface area (Å²) >= 11 is 0. The first-order valence-corrected chi connectivity index (χ1v) is 7.77. The molecule has 0 radical (unpaired) electrons. The molecule has 0 spiro atoms. The third-order valence-corrected chi connectivity index (χ3v) is 4.03. The molecule has 2 amide bonds. The minimum atomic E-state index is -0.161. The minimum absolute atomic E-state index is 0.157. The van der Waals surface area contributed by atoms with Crippen molar-refractivity contribution < 1.29 is 19.0 Å². The Morgan fingerprint density at radius 3 is 3.04 bits per heavy atom. The maximum atomic E-state index is 12.5. The van der Waals surface area contributed by atoms with Crippen LogP contribution in [0, 0.1) is 0 Å². The van der Waals surface area contributed by atoms with Crippen LogP contribution < -0.4 is 14.8 Å². The summed E-state index contributed by atoms with van der Waals surface area (Å²) in [4.78, 5) is 18.4. The molecule has 0 unspecified atom stereocenters. The number of hydrogen-bond donors (Lipinski definition) is 1. The highest BCUT2D eigenvalue weighted by Gasteiger charge is 2.26. The molecule has 3 heterocycles. The van der Waals surface area contributed by atoms with E-state index in [9.17, 15) is 4.79 Å².